The summed E-state index contributed by atoms with van der Waals surface area (Å²) in [5.74, 6) is 0.116. The number of cyclic esters (lactones) is 1. The molecule has 0 aromatic heterocycles. The Morgan fingerprint density at radius 3 is 2.55 bits per heavy atom. The van der Waals surface area contributed by atoms with Crippen molar-refractivity contribution >= 4 is 5.97 Å². The van der Waals surface area contributed by atoms with Gasteiger partial charge in [0.15, 0.2) is 0 Å². The number of carbonyl (C=O) groups is 1. The molecular weight excluding hydrogens is 368 g/mol. The van der Waals surface area contributed by atoms with E-state index in [9.17, 15) is 20.1 Å². The maximum absolute atomic E-state index is 12.3. The van der Waals surface area contributed by atoms with Crippen LogP contribution in [0.15, 0.2) is 23.8 Å². The minimum Gasteiger partial charge on any atom is -0.462 e. The summed E-state index contributed by atoms with van der Waals surface area (Å²) in [4.78, 5) is 12.3. The summed E-state index contributed by atoms with van der Waals surface area (Å²) >= 11 is 0. The molecule has 0 saturated heterocycles. The highest BCUT2D eigenvalue weighted by Crippen LogP contribution is 2.24. The fourth-order valence-electron chi connectivity index (χ4n) is 3.89. The first-order chi connectivity index (χ1) is 13.6. The van der Waals surface area contributed by atoms with Crippen LogP contribution in [0.1, 0.15) is 79.6 Å². The third kappa shape index (κ3) is 10.4. The van der Waals surface area contributed by atoms with Gasteiger partial charge in [-0.3, -0.25) is 4.79 Å². The summed E-state index contributed by atoms with van der Waals surface area (Å²) in [6.45, 7) is 9.81. The Morgan fingerprint density at radius 2 is 1.90 bits per heavy atom. The third-order valence-corrected chi connectivity index (χ3v) is 5.88. The van der Waals surface area contributed by atoms with Crippen LogP contribution in [0.2, 0.25) is 0 Å². The van der Waals surface area contributed by atoms with Crippen molar-refractivity contribution in [2.24, 2.45) is 17.8 Å². The van der Waals surface area contributed by atoms with Crippen molar-refractivity contribution in [2.45, 2.75) is 104 Å². The van der Waals surface area contributed by atoms with Gasteiger partial charge >= 0.3 is 5.97 Å². The molecule has 5 nitrogen and oxygen atoms in total. The highest BCUT2D eigenvalue weighted by Gasteiger charge is 2.23. The standard InChI is InChI=1S/C24H42O5/c1-16(13-18(3)22(27)15-20(5)25)14-19(4)23-11-7-6-9-17(2)21(26)10-8-12-24(28)29-23/h6-7,13,17-23,25-27H,8-12,14-15H2,1-5H3/b7-6+,16-13+/t17-,18+,19-,20+,21-,22+,23+/m0/s1. The van der Waals surface area contributed by atoms with Gasteiger partial charge in [0, 0.05) is 18.8 Å². The Morgan fingerprint density at radius 1 is 1.24 bits per heavy atom. The molecule has 0 saturated carbocycles. The van der Waals surface area contributed by atoms with Gasteiger partial charge in [0.1, 0.15) is 6.10 Å². The Bertz CT molecular complexity index is 539. The molecule has 0 amide bonds. The van der Waals surface area contributed by atoms with E-state index in [0.29, 0.717) is 32.1 Å². The van der Waals surface area contributed by atoms with Crippen LogP contribution in [0.25, 0.3) is 0 Å². The summed E-state index contributed by atoms with van der Waals surface area (Å²) in [7, 11) is 0. The van der Waals surface area contributed by atoms with E-state index in [1.54, 1.807) is 6.92 Å². The molecule has 5 heteroatoms. The third-order valence-electron chi connectivity index (χ3n) is 5.88. The van der Waals surface area contributed by atoms with Gasteiger partial charge in [-0.25, -0.2) is 0 Å². The van der Waals surface area contributed by atoms with E-state index >= 15 is 0 Å². The van der Waals surface area contributed by atoms with Crippen molar-refractivity contribution in [3.05, 3.63) is 23.8 Å². The molecule has 0 aliphatic carbocycles. The Kier molecular flexibility index (Phi) is 11.8. The summed E-state index contributed by atoms with van der Waals surface area (Å²) < 4.78 is 5.77. The number of allylic oxidation sites excluding steroid dienone is 2. The molecule has 168 valence electrons. The van der Waals surface area contributed by atoms with E-state index in [4.69, 9.17) is 4.74 Å². The second-order valence-corrected chi connectivity index (χ2v) is 9.11. The zero-order chi connectivity index (χ0) is 22.0. The van der Waals surface area contributed by atoms with E-state index in [2.05, 4.69) is 25.2 Å². The maximum atomic E-state index is 12.3. The zero-order valence-electron chi connectivity index (χ0n) is 18.9. The molecule has 1 rings (SSSR count). The summed E-state index contributed by atoms with van der Waals surface area (Å²) in [5.41, 5.74) is 1.15. The van der Waals surface area contributed by atoms with Crippen LogP contribution in [-0.2, 0) is 9.53 Å². The lowest BCUT2D eigenvalue weighted by atomic mass is 9.90. The first-order valence-electron chi connectivity index (χ1n) is 11.2. The number of hydrogen-bond acceptors (Lipinski definition) is 5. The van der Waals surface area contributed by atoms with E-state index in [0.717, 1.165) is 18.4 Å². The minimum atomic E-state index is -0.570. The predicted molar refractivity (Wildman–Crippen MR) is 116 cm³/mol. The largest absolute Gasteiger partial charge is 0.462 e. The number of carbonyl (C=O) groups excluding carboxylic acids is 1. The second-order valence-electron chi connectivity index (χ2n) is 9.11. The van der Waals surface area contributed by atoms with Gasteiger partial charge in [-0.2, -0.15) is 0 Å². The molecule has 7 atom stereocenters. The smallest absolute Gasteiger partial charge is 0.306 e. The second kappa shape index (κ2) is 13.2. The van der Waals surface area contributed by atoms with Crippen molar-refractivity contribution in [2.75, 3.05) is 0 Å². The molecule has 0 aromatic carbocycles. The molecule has 29 heavy (non-hydrogen) atoms. The molecule has 1 aliphatic heterocycles. The topological polar surface area (TPSA) is 87.0 Å². The van der Waals surface area contributed by atoms with Gasteiger partial charge in [0.25, 0.3) is 0 Å². The fourth-order valence-corrected chi connectivity index (χ4v) is 3.89. The maximum Gasteiger partial charge on any atom is 0.306 e. The number of aliphatic hydroxyl groups excluding tert-OH is 3. The average Bonchev–Trinajstić information content (AvgIpc) is 2.61. The van der Waals surface area contributed by atoms with Crippen molar-refractivity contribution in [1.82, 2.24) is 0 Å². The number of esters is 1. The molecule has 0 spiro atoms. The minimum absolute atomic E-state index is 0.0385. The van der Waals surface area contributed by atoms with Gasteiger partial charge in [-0.15, -0.1) is 0 Å². The van der Waals surface area contributed by atoms with E-state index in [1.165, 1.54) is 0 Å². The summed E-state index contributed by atoms with van der Waals surface area (Å²) in [5, 5.41) is 29.7. The van der Waals surface area contributed by atoms with Crippen molar-refractivity contribution in [3.63, 3.8) is 0 Å². The number of hydrogen-bond donors (Lipinski definition) is 3. The van der Waals surface area contributed by atoms with Crippen LogP contribution in [0.5, 0.6) is 0 Å². The monoisotopic (exact) mass is 410 g/mol. The molecule has 0 aromatic rings. The summed E-state index contributed by atoms with van der Waals surface area (Å²) in [6, 6.07) is 0. The van der Waals surface area contributed by atoms with E-state index < -0.39 is 12.2 Å². The van der Waals surface area contributed by atoms with Crippen LogP contribution in [0, 0.1) is 17.8 Å². The number of rotatable bonds is 7. The zero-order valence-corrected chi connectivity index (χ0v) is 18.9. The Hall–Kier alpha value is -1.17. The molecule has 0 radical (unpaired) electrons. The SMILES string of the molecule is C/C(=C\[C@@H](C)[C@H](O)C[C@@H](C)O)C[C@H](C)[C@H]1C/C=C/C[C@H](C)[C@@H](O)CCCC(=O)O1. The number of aliphatic hydroxyl groups is 3. The number of ether oxygens (including phenoxy) is 1. The highest BCUT2D eigenvalue weighted by molar-refractivity contribution is 5.69. The van der Waals surface area contributed by atoms with Crippen molar-refractivity contribution < 1.29 is 24.9 Å². The average molecular weight is 411 g/mol. The molecule has 0 unspecified atom stereocenters. The highest BCUT2D eigenvalue weighted by atomic mass is 16.5. The Balaban J connectivity index is 2.73. The van der Waals surface area contributed by atoms with Gasteiger partial charge in [0.2, 0.25) is 0 Å². The quantitative estimate of drug-likeness (QED) is 0.433. The first-order valence-corrected chi connectivity index (χ1v) is 11.2. The normalized spacial score (nSPS) is 30.3. The van der Waals surface area contributed by atoms with Gasteiger partial charge < -0.3 is 20.1 Å². The fraction of sp³-hybridized carbons (Fsp3) is 0.792. The molecular formula is C24H42O5. The Labute approximate surface area is 176 Å². The van der Waals surface area contributed by atoms with Gasteiger partial charge in [-0.1, -0.05) is 44.6 Å². The van der Waals surface area contributed by atoms with Crippen LogP contribution < -0.4 is 0 Å². The lowest BCUT2D eigenvalue weighted by molar-refractivity contribution is -0.151. The molecule has 0 fully saturated rings. The van der Waals surface area contributed by atoms with Crippen molar-refractivity contribution in [3.8, 4) is 0 Å². The van der Waals surface area contributed by atoms with Gasteiger partial charge in [-0.05, 0) is 57.8 Å². The summed E-state index contributed by atoms with van der Waals surface area (Å²) in [6.07, 6.45) is 8.81. The molecule has 0 bridgehead atoms. The van der Waals surface area contributed by atoms with Crippen LogP contribution in [-0.4, -0.2) is 45.7 Å². The lowest BCUT2D eigenvalue weighted by Gasteiger charge is -2.25. The molecule has 1 heterocycles. The first kappa shape index (κ1) is 25.9. The van der Waals surface area contributed by atoms with Gasteiger partial charge in [0.05, 0.1) is 18.3 Å². The van der Waals surface area contributed by atoms with E-state index in [1.807, 2.05) is 20.8 Å². The van der Waals surface area contributed by atoms with Crippen LogP contribution in [0.3, 0.4) is 0 Å². The molecule has 1 aliphatic rings. The van der Waals surface area contributed by atoms with E-state index in [-0.39, 0.29) is 35.9 Å². The van der Waals surface area contributed by atoms with Crippen molar-refractivity contribution in [1.29, 1.82) is 0 Å². The predicted octanol–water partition coefficient (Wildman–Crippen LogP) is 4.16. The van der Waals surface area contributed by atoms with Crippen LogP contribution >= 0.6 is 0 Å². The van der Waals surface area contributed by atoms with Crippen LogP contribution in [0.4, 0.5) is 0 Å². The lowest BCUT2D eigenvalue weighted by Crippen LogP contribution is -2.26. The molecule has 3 N–H and O–H groups in total.